The molecule has 2 aliphatic rings. The van der Waals surface area contributed by atoms with Gasteiger partial charge in [0, 0.05) is 15.6 Å². The first-order valence-corrected chi connectivity index (χ1v) is 12.5. The normalized spacial score (nSPS) is 24.7. The summed E-state index contributed by atoms with van der Waals surface area (Å²) in [6, 6.07) is 4.07. The summed E-state index contributed by atoms with van der Waals surface area (Å²) in [4.78, 5) is 0. The molecule has 6 heteroatoms. The van der Waals surface area contributed by atoms with Crippen molar-refractivity contribution in [3.05, 3.63) is 23.3 Å². The molecule has 1 aliphatic carbocycles. The Balaban J connectivity index is 1.68. The quantitative estimate of drug-likeness (QED) is 0.414. The fourth-order valence-corrected chi connectivity index (χ4v) is 6.24. The van der Waals surface area contributed by atoms with Crippen molar-refractivity contribution in [3.8, 4) is 11.5 Å². The van der Waals surface area contributed by atoms with Crippen molar-refractivity contribution in [2.45, 2.75) is 102 Å². The van der Waals surface area contributed by atoms with E-state index in [1.807, 2.05) is 6.07 Å². The molecular weight excluding hydrogens is 393 g/mol. The second-order valence-electron chi connectivity index (χ2n) is 8.57. The van der Waals surface area contributed by atoms with Crippen molar-refractivity contribution in [1.82, 2.24) is 0 Å². The summed E-state index contributed by atoms with van der Waals surface area (Å²) in [5, 5.41) is 0. The number of hydrogen-bond acceptors (Lipinski definition) is 2. The van der Waals surface area contributed by atoms with E-state index in [4.69, 9.17) is 4.74 Å². The van der Waals surface area contributed by atoms with Crippen LogP contribution in [0.25, 0.3) is 0 Å². The van der Waals surface area contributed by atoms with Gasteiger partial charge in [0.1, 0.15) is 11.5 Å². The van der Waals surface area contributed by atoms with Gasteiger partial charge in [-0.1, -0.05) is 58.8 Å². The second kappa shape index (κ2) is 10.2. The summed E-state index contributed by atoms with van der Waals surface area (Å²) >= 11 is 0. The molecule has 1 aromatic rings. The number of rotatable bonds is 8. The van der Waals surface area contributed by atoms with Crippen LogP contribution in [-0.4, -0.2) is 22.0 Å². The van der Waals surface area contributed by atoms with Gasteiger partial charge in [-0.2, -0.15) is 0 Å². The van der Waals surface area contributed by atoms with Gasteiger partial charge in [-0.25, -0.2) is 0 Å². The number of ether oxygens (including phenoxy) is 2. The van der Waals surface area contributed by atoms with E-state index < -0.39 is 6.36 Å². The SMILES string of the molecule is CCCC1CCC([Si]Cc2cc3c(cc2OC(F)(F)F)OC(CCC)CC3)CC1. The highest BCUT2D eigenvalue weighted by Crippen LogP contribution is 2.39. The van der Waals surface area contributed by atoms with Gasteiger partial charge in [-0.3, -0.25) is 0 Å². The molecule has 2 nitrogen and oxygen atoms in total. The molecule has 0 aromatic heterocycles. The topological polar surface area (TPSA) is 18.5 Å². The Hall–Kier alpha value is -1.17. The van der Waals surface area contributed by atoms with Crippen LogP contribution < -0.4 is 9.47 Å². The molecule has 1 unspecified atom stereocenters. The van der Waals surface area contributed by atoms with E-state index in [0.29, 0.717) is 32.4 Å². The predicted octanol–water partition coefficient (Wildman–Crippen LogP) is 7.06. The van der Waals surface area contributed by atoms with E-state index >= 15 is 0 Å². The first-order chi connectivity index (χ1) is 13.9. The molecule has 1 fully saturated rings. The average molecular weight is 427 g/mol. The molecule has 1 aliphatic heterocycles. The number of halogens is 3. The summed E-state index contributed by atoms with van der Waals surface area (Å²) in [5.41, 5.74) is 2.36. The number of fused-ring (bicyclic) bond motifs is 1. The first-order valence-electron chi connectivity index (χ1n) is 11.2. The molecule has 0 N–H and O–H groups in total. The fourth-order valence-electron chi connectivity index (χ4n) is 4.72. The summed E-state index contributed by atoms with van der Waals surface area (Å²) < 4.78 is 49.4. The Bertz CT molecular complexity index is 654. The van der Waals surface area contributed by atoms with Gasteiger partial charge in [-0.05, 0) is 54.0 Å². The molecule has 0 saturated heterocycles. The number of hydrogen-bond donors (Lipinski definition) is 0. The molecule has 29 heavy (non-hydrogen) atoms. The molecule has 1 aromatic carbocycles. The third-order valence-corrected chi connectivity index (χ3v) is 7.97. The van der Waals surface area contributed by atoms with Crippen LogP contribution in [-0.2, 0) is 12.5 Å². The van der Waals surface area contributed by atoms with Gasteiger partial charge < -0.3 is 9.47 Å². The van der Waals surface area contributed by atoms with Gasteiger partial charge in [0.15, 0.2) is 0 Å². The second-order valence-corrected chi connectivity index (χ2v) is 10.1. The number of benzene rings is 1. The zero-order valence-electron chi connectivity index (χ0n) is 17.6. The minimum absolute atomic E-state index is 0.0689. The Morgan fingerprint density at radius 3 is 2.41 bits per heavy atom. The largest absolute Gasteiger partial charge is 0.573 e. The highest BCUT2D eigenvalue weighted by atomic mass is 28.2. The van der Waals surface area contributed by atoms with Crippen LogP contribution in [0.2, 0.25) is 5.54 Å². The summed E-state index contributed by atoms with van der Waals surface area (Å²) in [7, 11) is 0.654. The first kappa shape index (κ1) is 22.5. The maximum Gasteiger partial charge on any atom is 0.573 e. The van der Waals surface area contributed by atoms with Crippen molar-refractivity contribution in [1.29, 1.82) is 0 Å². The van der Waals surface area contributed by atoms with E-state index in [1.165, 1.54) is 44.6 Å². The zero-order chi connectivity index (χ0) is 20.9. The maximum atomic E-state index is 13.0. The van der Waals surface area contributed by atoms with Gasteiger partial charge >= 0.3 is 6.36 Å². The molecule has 1 atom stereocenters. The van der Waals surface area contributed by atoms with Crippen molar-refractivity contribution in [2.75, 3.05) is 0 Å². The van der Waals surface area contributed by atoms with Crippen molar-refractivity contribution in [3.63, 3.8) is 0 Å². The van der Waals surface area contributed by atoms with Crippen LogP contribution in [0.15, 0.2) is 12.1 Å². The zero-order valence-corrected chi connectivity index (χ0v) is 18.6. The number of alkyl halides is 3. The average Bonchev–Trinajstić information content (AvgIpc) is 2.67. The van der Waals surface area contributed by atoms with E-state index in [9.17, 15) is 13.2 Å². The van der Waals surface area contributed by atoms with Crippen LogP contribution in [0.3, 0.4) is 0 Å². The molecular formula is C23H33F3O2Si. The standard InChI is InChI=1S/C23H33F3O2Si/c1-3-5-16-7-11-20(12-8-16)29-15-18-13-17-9-10-19(6-4-2)27-21(17)14-22(18)28-23(24,25)26/h13-14,16,19-20H,3-12,15H2,1-2H3. The lowest BCUT2D eigenvalue weighted by molar-refractivity contribution is -0.274. The summed E-state index contributed by atoms with van der Waals surface area (Å²) in [6.45, 7) is 4.33. The molecule has 2 radical (unpaired) electrons. The summed E-state index contributed by atoms with van der Waals surface area (Å²) in [6.07, 6.45) is 6.67. The van der Waals surface area contributed by atoms with Crippen LogP contribution in [0.4, 0.5) is 13.2 Å². The van der Waals surface area contributed by atoms with Gasteiger partial charge in [0.25, 0.3) is 0 Å². The molecule has 0 spiro atoms. The molecule has 1 heterocycles. The Kier molecular flexibility index (Phi) is 7.94. The molecule has 0 amide bonds. The molecule has 0 bridgehead atoms. The third kappa shape index (κ3) is 6.66. The van der Waals surface area contributed by atoms with Crippen molar-refractivity contribution < 1.29 is 22.6 Å². The molecule has 162 valence electrons. The third-order valence-electron chi connectivity index (χ3n) is 6.23. The van der Waals surface area contributed by atoms with Crippen molar-refractivity contribution >= 4 is 9.52 Å². The highest BCUT2D eigenvalue weighted by molar-refractivity contribution is 6.37. The van der Waals surface area contributed by atoms with E-state index in [2.05, 4.69) is 18.6 Å². The van der Waals surface area contributed by atoms with Gasteiger partial charge in [-0.15, -0.1) is 13.2 Å². The Morgan fingerprint density at radius 2 is 1.76 bits per heavy atom. The number of aryl methyl sites for hydroxylation is 1. The Morgan fingerprint density at radius 1 is 1.03 bits per heavy atom. The lowest BCUT2D eigenvalue weighted by Gasteiger charge is -2.29. The minimum atomic E-state index is -4.68. The maximum absolute atomic E-state index is 13.0. The van der Waals surface area contributed by atoms with Crippen molar-refractivity contribution in [2.24, 2.45) is 5.92 Å². The van der Waals surface area contributed by atoms with Gasteiger partial charge in [0.05, 0.1) is 6.10 Å². The lowest BCUT2D eigenvalue weighted by Crippen LogP contribution is -2.24. The fraction of sp³-hybridized carbons (Fsp3) is 0.739. The van der Waals surface area contributed by atoms with Gasteiger partial charge in [0.2, 0.25) is 0 Å². The smallest absolute Gasteiger partial charge is 0.490 e. The minimum Gasteiger partial charge on any atom is -0.490 e. The van der Waals surface area contributed by atoms with E-state index in [1.54, 1.807) is 0 Å². The lowest BCUT2D eigenvalue weighted by atomic mass is 9.86. The van der Waals surface area contributed by atoms with Crippen LogP contribution in [0.1, 0.15) is 82.8 Å². The van der Waals surface area contributed by atoms with E-state index in [0.717, 1.165) is 37.2 Å². The Labute approximate surface area is 175 Å². The van der Waals surface area contributed by atoms with Crippen LogP contribution in [0.5, 0.6) is 11.5 Å². The molecule has 3 rings (SSSR count). The summed E-state index contributed by atoms with van der Waals surface area (Å²) in [5.74, 6) is 1.35. The van der Waals surface area contributed by atoms with E-state index in [-0.39, 0.29) is 11.9 Å². The highest BCUT2D eigenvalue weighted by Gasteiger charge is 2.33. The monoisotopic (exact) mass is 426 g/mol. The molecule has 1 saturated carbocycles. The van der Waals surface area contributed by atoms with Crippen LogP contribution in [0, 0.1) is 5.92 Å². The van der Waals surface area contributed by atoms with Crippen LogP contribution >= 0.6 is 0 Å². The predicted molar refractivity (Wildman–Crippen MR) is 111 cm³/mol.